The second-order valence-electron chi connectivity index (χ2n) is 3.11. The van der Waals surface area contributed by atoms with E-state index >= 15 is 0 Å². The Hall–Kier alpha value is -1.18. The first-order chi connectivity index (χ1) is 7.56. The molecule has 0 bridgehead atoms. The van der Waals surface area contributed by atoms with Crippen molar-refractivity contribution < 1.29 is 24.2 Å². The van der Waals surface area contributed by atoms with Crippen LogP contribution in [0.5, 0.6) is 0 Å². The molecule has 0 saturated carbocycles. The van der Waals surface area contributed by atoms with Crippen LogP contribution in [0.3, 0.4) is 0 Å². The Morgan fingerprint density at radius 2 is 2.06 bits per heavy atom. The third-order valence-corrected chi connectivity index (χ3v) is 1.98. The zero-order chi connectivity index (χ0) is 12.6. The van der Waals surface area contributed by atoms with Crippen LogP contribution in [0.25, 0.3) is 0 Å². The predicted molar refractivity (Wildman–Crippen MR) is 55.9 cm³/mol. The SMILES string of the molecule is COCCN(CC(=O)O)C(=O)C(CN)OC. The summed E-state index contributed by atoms with van der Waals surface area (Å²) >= 11 is 0. The van der Waals surface area contributed by atoms with Gasteiger partial charge in [0.2, 0.25) is 0 Å². The number of amides is 1. The van der Waals surface area contributed by atoms with Gasteiger partial charge in [-0.3, -0.25) is 9.59 Å². The molecular weight excluding hydrogens is 216 g/mol. The van der Waals surface area contributed by atoms with E-state index in [0.717, 1.165) is 4.90 Å². The van der Waals surface area contributed by atoms with Crippen LogP contribution in [0.2, 0.25) is 0 Å². The van der Waals surface area contributed by atoms with Crippen molar-refractivity contribution in [1.29, 1.82) is 0 Å². The van der Waals surface area contributed by atoms with E-state index in [9.17, 15) is 9.59 Å². The Morgan fingerprint density at radius 1 is 1.44 bits per heavy atom. The molecule has 0 rings (SSSR count). The Morgan fingerprint density at radius 3 is 2.44 bits per heavy atom. The molecule has 0 aliphatic carbocycles. The number of carboxylic acid groups (broad SMARTS) is 1. The van der Waals surface area contributed by atoms with Crippen molar-refractivity contribution >= 4 is 11.9 Å². The van der Waals surface area contributed by atoms with E-state index in [1.54, 1.807) is 0 Å². The van der Waals surface area contributed by atoms with Crippen LogP contribution in [0.15, 0.2) is 0 Å². The van der Waals surface area contributed by atoms with Gasteiger partial charge >= 0.3 is 5.97 Å². The Bertz CT molecular complexity index is 230. The largest absolute Gasteiger partial charge is 0.480 e. The number of carboxylic acids is 1. The standard InChI is InChI=1S/C9H18N2O5/c1-15-4-3-11(6-8(12)13)9(14)7(5-10)16-2/h7H,3-6,10H2,1-2H3,(H,12,13). The maximum Gasteiger partial charge on any atom is 0.323 e. The summed E-state index contributed by atoms with van der Waals surface area (Å²) in [5.74, 6) is -1.53. The second-order valence-corrected chi connectivity index (χ2v) is 3.11. The fourth-order valence-corrected chi connectivity index (χ4v) is 1.13. The van der Waals surface area contributed by atoms with E-state index in [0.29, 0.717) is 0 Å². The summed E-state index contributed by atoms with van der Waals surface area (Å²) in [4.78, 5) is 23.5. The number of aliphatic carboxylic acids is 1. The Kier molecular flexibility index (Phi) is 7.44. The van der Waals surface area contributed by atoms with Gasteiger partial charge in [-0.1, -0.05) is 0 Å². The van der Waals surface area contributed by atoms with Crippen molar-refractivity contribution in [1.82, 2.24) is 4.90 Å². The molecule has 1 atom stereocenters. The smallest absolute Gasteiger partial charge is 0.323 e. The molecule has 7 heteroatoms. The molecule has 0 spiro atoms. The quantitative estimate of drug-likeness (QED) is 0.531. The van der Waals surface area contributed by atoms with Gasteiger partial charge in [-0.2, -0.15) is 0 Å². The first kappa shape index (κ1) is 14.8. The number of ether oxygens (including phenoxy) is 2. The van der Waals surface area contributed by atoms with Crippen molar-refractivity contribution in [3.05, 3.63) is 0 Å². The number of carbonyl (C=O) groups is 2. The number of carbonyl (C=O) groups excluding carboxylic acids is 1. The molecule has 0 heterocycles. The van der Waals surface area contributed by atoms with Gasteiger partial charge in [-0.15, -0.1) is 0 Å². The van der Waals surface area contributed by atoms with Crippen molar-refractivity contribution in [2.75, 3.05) is 40.5 Å². The van der Waals surface area contributed by atoms with E-state index in [1.807, 2.05) is 0 Å². The maximum atomic E-state index is 11.7. The molecule has 3 N–H and O–H groups in total. The second kappa shape index (κ2) is 8.03. The summed E-state index contributed by atoms with van der Waals surface area (Å²) in [6, 6.07) is 0. The maximum absolute atomic E-state index is 11.7. The average Bonchev–Trinajstić information content (AvgIpc) is 2.25. The lowest BCUT2D eigenvalue weighted by molar-refractivity contribution is -0.149. The van der Waals surface area contributed by atoms with Gasteiger partial charge in [0, 0.05) is 27.3 Å². The van der Waals surface area contributed by atoms with Crippen molar-refractivity contribution in [3.8, 4) is 0 Å². The molecule has 0 aliphatic rings. The van der Waals surface area contributed by atoms with E-state index < -0.39 is 18.0 Å². The van der Waals surface area contributed by atoms with Crippen LogP contribution in [0.4, 0.5) is 0 Å². The predicted octanol–water partition coefficient (Wildman–Crippen LogP) is -1.48. The van der Waals surface area contributed by atoms with Crippen molar-refractivity contribution in [2.24, 2.45) is 5.73 Å². The third-order valence-electron chi connectivity index (χ3n) is 1.98. The van der Waals surface area contributed by atoms with Crippen molar-refractivity contribution in [2.45, 2.75) is 6.10 Å². The van der Waals surface area contributed by atoms with Gasteiger partial charge < -0.3 is 25.2 Å². The van der Waals surface area contributed by atoms with E-state index in [1.165, 1.54) is 14.2 Å². The molecule has 16 heavy (non-hydrogen) atoms. The van der Waals surface area contributed by atoms with Crippen LogP contribution < -0.4 is 5.73 Å². The molecular formula is C9H18N2O5. The number of rotatable bonds is 8. The first-order valence-electron chi connectivity index (χ1n) is 4.79. The van der Waals surface area contributed by atoms with Gasteiger partial charge in [-0.05, 0) is 0 Å². The summed E-state index contributed by atoms with van der Waals surface area (Å²) in [7, 11) is 2.82. The highest BCUT2D eigenvalue weighted by Gasteiger charge is 2.24. The molecule has 1 amide bonds. The average molecular weight is 234 g/mol. The number of methoxy groups -OCH3 is 2. The first-order valence-corrected chi connectivity index (χ1v) is 4.79. The highest BCUT2D eigenvalue weighted by atomic mass is 16.5. The molecule has 1 unspecified atom stereocenters. The van der Waals surface area contributed by atoms with Crippen LogP contribution in [0, 0.1) is 0 Å². The molecule has 0 aromatic heterocycles. The Balaban J connectivity index is 4.46. The molecule has 0 fully saturated rings. The molecule has 94 valence electrons. The summed E-state index contributed by atoms with van der Waals surface area (Å²) in [6.07, 6.45) is -0.809. The van der Waals surface area contributed by atoms with Gasteiger partial charge in [0.1, 0.15) is 12.6 Å². The van der Waals surface area contributed by atoms with Gasteiger partial charge in [0.05, 0.1) is 6.61 Å². The van der Waals surface area contributed by atoms with Crippen LogP contribution in [-0.2, 0) is 19.1 Å². The van der Waals surface area contributed by atoms with E-state index in [4.69, 9.17) is 20.3 Å². The van der Waals surface area contributed by atoms with Crippen LogP contribution >= 0.6 is 0 Å². The fraction of sp³-hybridized carbons (Fsp3) is 0.778. The molecule has 0 aliphatic heterocycles. The molecule has 7 nitrogen and oxygen atoms in total. The van der Waals surface area contributed by atoms with Gasteiger partial charge in [0.25, 0.3) is 5.91 Å². The molecule has 0 radical (unpaired) electrons. The minimum Gasteiger partial charge on any atom is -0.480 e. The number of hydrogen-bond acceptors (Lipinski definition) is 5. The lowest BCUT2D eigenvalue weighted by Gasteiger charge is -2.24. The van der Waals surface area contributed by atoms with E-state index in [2.05, 4.69) is 0 Å². The van der Waals surface area contributed by atoms with Crippen LogP contribution in [-0.4, -0.2) is 68.4 Å². The summed E-state index contributed by atoms with van der Waals surface area (Å²) in [5, 5.41) is 8.65. The topological polar surface area (TPSA) is 102 Å². The number of hydrogen-bond donors (Lipinski definition) is 2. The Labute approximate surface area is 94.1 Å². The normalized spacial score (nSPS) is 12.2. The summed E-state index contributed by atoms with van der Waals surface area (Å²) in [5.41, 5.74) is 5.33. The number of nitrogens with two attached hydrogens (primary N) is 1. The monoisotopic (exact) mass is 234 g/mol. The fourth-order valence-electron chi connectivity index (χ4n) is 1.13. The lowest BCUT2D eigenvalue weighted by atomic mass is 10.3. The van der Waals surface area contributed by atoms with Crippen molar-refractivity contribution in [3.63, 3.8) is 0 Å². The minimum absolute atomic E-state index is 0.0123. The highest BCUT2D eigenvalue weighted by Crippen LogP contribution is 1.98. The zero-order valence-electron chi connectivity index (χ0n) is 9.51. The third kappa shape index (κ3) is 5.06. The summed E-state index contributed by atoms with van der Waals surface area (Å²) in [6.45, 7) is 0.0853. The zero-order valence-corrected chi connectivity index (χ0v) is 9.51. The number of nitrogens with zero attached hydrogens (tertiary/aromatic N) is 1. The van der Waals surface area contributed by atoms with E-state index in [-0.39, 0.29) is 26.2 Å². The molecule has 0 aromatic rings. The minimum atomic E-state index is -1.09. The lowest BCUT2D eigenvalue weighted by Crippen LogP contribution is -2.46. The van der Waals surface area contributed by atoms with Gasteiger partial charge in [-0.25, -0.2) is 0 Å². The molecule has 0 aromatic carbocycles. The highest BCUT2D eigenvalue weighted by molar-refractivity contribution is 5.84. The van der Waals surface area contributed by atoms with Crippen LogP contribution in [0.1, 0.15) is 0 Å². The molecule has 0 saturated heterocycles. The van der Waals surface area contributed by atoms with Gasteiger partial charge in [0.15, 0.2) is 0 Å². The summed E-state index contributed by atoms with van der Waals surface area (Å²) < 4.78 is 9.65.